The summed E-state index contributed by atoms with van der Waals surface area (Å²) in [4.78, 5) is 0. The van der Waals surface area contributed by atoms with Gasteiger partial charge in [-0.15, -0.1) is 0 Å². The van der Waals surface area contributed by atoms with Crippen LogP contribution in [0, 0.1) is 11.5 Å². The third kappa shape index (κ3) is 4.98. The van der Waals surface area contributed by atoms with E-state index in [4.69, 9.17) is 10.00 Å². The molecule has 0 aliphatic carbocycles. The van der Waals surface area contributed by atoms with E-state index < -0.39 is 0 Å². The fraction of sp³-hybridized carbons (Fsp3) is 0.571. The molecule has 0 bridgehead atoms. The van der Waals surface area contributed by atoms with E-state index in [-0.39, 0.29) is 6.10 Å². The highest BCUT2D eigenvalue weighted by molar-refractivity contribution is 4.67. The first-order chi connectivity index (χ1) is 4.81. The quantitative estimate of drug-likeness (QED) is 0.439. The van der Waals surface area contributed by atoms with Gasteiger partial charge < -0.3 is 9.47 Å². The molecule has 0 aliphatic heterocycles. The van der Waals surface area contributed by atoms with Crippen molar-refractivity contribution >= 4 is 0 Å². The zero-order chi connectivity index (χ0) is 7.82. The second kappa shape index (κ2) is 5.96. The normalized spacial score (nSPS) is 12.5. The Balaban J connectivity index is 3.26. The van der Waals surface area contributed by atoms with E-state index in [1.165, 1.54) is 0 Å². The van der Waals surface area contributed by atoms with Crippen LogP contribution in [0.5, 0.6) is 0 Å². The van der Waals surface area contributed by atoms with Crippen LogP contribution in [0.1, 0.15) is 13.8 Å². The summed E-state index contributed by atoms with van der Waals surface area (Å²) < 4.78 is 9.48. The van der Waals surface area contributed by atoms with Gasteiger partial charge in [0.25, 0.3) is 6.26 Å². The molecule has 0 radical (unpaired) electrons. The number of rotatable bonds is 4. The van der Waals surface area contributed by atoms with Gasteiger partial charge in [-0.2, -0.15) is 5.26 Å². The lowest BCUT2D eigenvalue weighted by molar-refractivity contribution is 0.0878. The minimum atomic E-state index is -0.0594. The van der Waals surface area contributed by atoms with Gasteiger partial charge in [-0.05, 0) is 13.8 Å². The first-order valence-electron chi connectivity index (χ1n) is 3.08. The number of hydrogen-bond donors (Lipinski definition) is 0. The average Bonchev–Trinajstić information content (AvgIpc) is 1.97. The maximum absolute atomic E-state index is 7.99. The van der Waals surface area contributed by atoms with Crippen LogP contribution in [-0.4, -0.2) is 12.7 Å². The van der Waals surface area contributed by atoms with Gasteiger partial charge >= 0.3 is 0 Å². The molecule has 56 valence electrons. The molecule has 0 saturated carbocycles. The van der Waals surface area contributed by atoms with E-state index in [9.17, 15) is 0 Å². The van der Waals surface area contributed by atoms with Crippen LogP contribution in [0.2, 0.25) is 0 Å². The summed E-state index contributed by atoms with van der Waals surface area (Å²) in [6.45, 7) is 4.00. The van der Waals surface area contributed by atoms with Crippen LogP contribution in [0.15, 0.2) is 12.3 Å². The van der Waals surface area contributed by atoms with E-state index in [1.54, 1.807) is 18.6 Å². The van der Waals surface area contributed by atoms with Crippen molar-refractivity contribution in [1.82, 2.24) is 0 Å². The molecular weight excluding hydrogens is 130 g/mol. The predicted octanol–water partition coefficient (Wildman–Crippen LogP) is 1.42. The van der Waals surface area contributed by atoms with Gasteiger partial charge in [-0.25, -0.2) is 0 Å². The van der Waals surface area contributed by atoms with Crippen molar-refractivity contribution in [2.24, 2.45) is 0 Å². The zero-order valence-corrected chi connectivity index (χ0v) is 6.20. The van der Waals surface area contributed by atoms with E-state index in [2.05, 4.69) is 4.74 Å². The molecule has 0 N–H and O–H groups in total. The van der Waals surface area contributed by atoms with Crippen LogP contribution in [0.3, 0.4) is 0 Å². The van der Waals surface area contributed by atoms with Crippen LogP contribution >= 0.6 is 0 Å². The fourth-order valence-corrected chi connectivity index (χ4v) is 0.407. The molecule has 0 spiro atoms. The molecule has 0 aromatic carbocycles. The molecular formula is C7H11NO2. The Bertz CT molecular complexity index is 137. The summed E-state index contributed by atoms with van der Waals surface area (Å²) >= 11 is 0. The maximum Gasteiger partial charge on any atom is 0.286 e. The molecule has 0 saturated heterocycles. The van der Waals surface area contributed by atoms with Crippen molar-refractivity contribution in [2.75, 3.05) is 6.61 Å². The molecule has 1 unspecified atom stereocenters. The van der Waals surface area contributed by atoms with Crippen LogP contribution in [-0.2, 0) is 9.47 Å². The van der Waals surface area contributed by atoms with Crippen molar-refractivity contribution in [2.45, 2.75) is 20.0 Å². The highest BCUT2D eigenvalue weighted by atomic mass is 16.5. The molecule has 0 aromatic heterocycles. The van der Waals surface area contributed by atoms with Crippen molar-refractivity contribution in [3.63, 3.8) is 0 Å². The molecule has 10 heavy (non-hydrogen) atoms. The SMILES string of the molecule is CC=COC(C)COC#N. The van der Waals surface area contributed by atoms with Gasteiger partial charge in [0.2, 0.25) is 0 Å². The first kappa shape index (κ1) is 8.83. The number of allylic oxidation sites excluding steroid dienone is 1. The molecule has 3 nitrogen and oxygen atoms in total. The predicted molar refractivity (Wildman–Crippen MR) is 36.9 cm³/mol. The van der Waals surface area contributed by atoms with Crippen molar-refractivity contribution in [3.05, 3.63) is 12.3 Å². The number of nitriles is 1. The molecule has 1 atom stereocenters. The minimum absolute atomic E-state index is 0.0594. The fourth-order valence-electron chi connectivity index (χ4n) is 0.407. The first-order valence-corrected chi connectivity index (χ1v) is 3.08. The van der Waals surface area contributed by atoms with E-state index in [0.717, 1.165) is 0 Å². The Morgan fingerprint density at radius 2 is 2.40 bits per heavy atom. The molecule has 0 fully saturated rings. The monoisotopic (exact) mass is 141 g/mol. The van der Waals surface area contributed by atoms with Crippen LogP contribution in [0.25, 0.3) is 0 Å². The lowest BCUT2D eigenvalue weighted by atomic mass is 10.4. The number of ether oxygens (including phenoxy) is 2. The van der Waals surface area contributed by atoms with Crippen LogP contribution < -0.4 is 0 Å². The Kier molecular flexibility index (Phi) is 5.26. The van der Waals surface area contributed by atoms with Gasteiger partial charge in [0.15, 0.2) is 0 Å². The van der Waals surface area contributed by atoms with E-state index in [0.29, 0.717) is 6.61 Å². The smallest absolute Gasteiger partial charge is 0.286 e. The second-order valence-corrected chi connectivity index (χ2v) is 1.82. The Morgan fingerprint density at radius 1 is 1.70 bits per heavy atom. The Morgan fingerprint density at radius 3 is 2.90 bits per heavy atom. The van der Waals surface area contributed by atoms with Gasteiger partial charge in [-0.3, -0.25) is 0 Å². The molecule has 0 heterocycles. The topological polar surface area (TPSA) is 42.2 Å². The summed E-state index contributed by atoms with van der Waals surface area (Å²) in [7, 11) is 0. The summed E-state index contributed by atoms with van der Waals surface area (Å²) in [5.41, 5.74) is 0. The lowest BCUT2D eigenvalue weighted by Crippen LogP contribution is -2.10. The second-order valence-electron chi connectivity index (χ2n) is 1.82. The summed E-state index contributed by atoms with van der Waals surface area (Å²) in [5, 5.41) is 7.99. The molecule has 3 heteroatoms. The van der Waals surface area contributed by atoms with E-state index in [1.807, 2.05) is 13.8 Å². The van der Waals surface area contributed by atoms with Crippen LogP contribution in [0.4, 0.5) is 0 Å². The standard InChI is InChI=1S/C7H11NO2/c1-3-4-10-7(2)5-9-6-8/h3-4,7H,5H2,1-2H3. The Labute approximate surface area is 60.9 Å². The molecule has 0 amide bonds. The number of hydrogen-bond acceptors (Lipinski definition) is 3. The molecule has 0 aromatic rings. The molecule has 0 aliphatic rings. The zero-order valence-electron chi connectivity index (χ0n) is 6.20. The van der Waals surface area contributed by atoms with Crippen molar-refractivity contribution in [3.8, 4) is 6.26 Å². The summed E-state index contributed by atoms with van der Waals surface area (Å²) in [6, 6.07) is 0. The lowest BCUT2D eigenvalue weighted by Gasteiger charge is -2.07. The van der Waals surface area contributed by atoms with Gasteiger partial charge in [0.05, 0.1) is 6.26 Å². The highest BCUT2D eigenvalue weighted by Gasteiger charge is 1.98. The highest BCUT2D eigenvalue weighted by Crippen LogP contribution is 1.91. The van der Waals surface area contributed by atoms with Crippen molar-refractivity contribution in [1.29, 1.82) is 5.26 Å². The van der Waals surface area contributed by atoms with Gasteiger partial charge in [0, 0.05) is 0 Å². The third-order valence-electron chi connectivity index (χ3n) is 0.830. The average molecular weight is 141 g/mol. The van der Waals surface area contributed by atoms with E-state index >= 15 is 0 Å². The largest absolute Gasteiger partial charge is 0.495 e. The third-order valence-corrected chi connectivity index (χ3v) is 0.830. The van der Waals surface area contributed by atoms with Gasteiger partial charge in [0.1, 0.15) is 12.7 Å². The van der Waals surface area contributed by atoms with Gasteiger partial charge in [-0.1, -0.05) is 6.08 Å². The Hall–Kier alpha value is -1.17. The summed E-state index contributed by atoms with van der Waals surface area (Å²) in [6.07, 6.45) is 4.87. The maximum atomic E-state index is 7.99. The number of nitrogens with zero attached hydrogens (tertiary/aromatic N) is 1. The molecule has 0 rings (SSSR count). The van der Waals surface area contributed by atoms with Crippen molar-refractivity contribution < 1.29 is 9.47 Å². The summed E-state index contributed by atoms with van der Waals surface area (Å²) in [5.74, 6) is 0. The minimum Gasteiger partial charge on any atom is -0.495 e.